The van der Waals surface area contributed by atoms with Crippen LogP contribution in [0.25, 0.3) is 0 Å². The molecule has 3 atom stereocenters. The second kappa shape index (κ2) is 9.78. The van der Waals surface area contributed by atoms with Gasteiger partial charge in [0.25, 0.3) is 0 Å². The molecule has 0 unspecified atom stereocenters. The van der Waals surface area contributed by atoms with Crippen molar-refractivity contribution in [3.63, 3.8) is 0 Å². The first-order valence-corrected chi connectivity index (χ1v) is 10.2. The first-order valence-electron chi connectivity index (χ1n) is 10.2. The standard InChI is InChI=1S/C24H27NO5/c1-27-21-10-7-19(8-11-21)15-28-14-13-23-22-12-9-20(25(22)24(26)30-23)17-29-16-18-5-3-2-4-6-18/h2-12,20,22-23H,13-17H2,1H3/t20-,22-,23+/m0/s1. The molecule has 1 saturated heterocycles. The molecule has 1 fully saturated rings. The Morgan fingerprint density at radius 3 is 2.43 bits per heavy atom. The Hall–Kier alpha value is -2.83. The van der Waals surface area contributed by atoms with Gasteiger partial charge in [0.05, 0.1) is 45.6 Å². The Kier molecular flexibility index (Phi) is 6.67. The SMILES string of the molecule is COc1ccc(COCC[C@H]2OC(=O)N3[C@H](COCc4ccccc4)C=C[C@@H]23)cc1. The summed E-state index contributed by atoms with van der Waals surface area (Å²) in [6.07, 6.45) is 4.28. The van der Waals surface area contributed by atoms with Crippen molar-refractivity contribution in [3.05, 3.63) is 77.9 Å². The lowest BCUT2D eigenvalue weighted by Crippen LogP contribution is -2.40. The summed E-state index contributed by atoms with van der Waals surface area (Å²) in [6.45, 7) is 2.03. The first-order chi connectivity index (χ1) is 14.7. The molecule has 1 amide bonds. The number of methoxy groups -OCH3 is 1. The maximum Gasteiger partial charge on any atom is 0.411 e. The maximum atomic E-state index is 12.4. The summed E-state index contributed by atoms with van der Waals surface area (Å²) < 4.78 is 22.4. The molecule has 4 rings (SSSR count). The van der Waals surface area contributed by atoms with Crippen LogP contribution in [0, 0.1) is 0 Å². The van der Waals surface area contributed by atoms with Crippen molar-refractivity contribution in [1.29, 1.82) is 0 Å². The number of benzene rings is 2. The van der Waals surface area contributed by atoms with Gasteiger partial charge in [-0.1, -0.05) is 54.6 Å². The molecule has 0 aliphatic carbocycles. The van der Waals surface area contributed by atoms with Crippen LogP contribution in [0.1, 0.15) is 17.5 Å². The van der Waals surface area contributed by atoms with Gasteiger partial charge in [0, 0.05) is 6.42 Å². The highest BCUT2D eigenvalue weighted by Gasteiger charge is 2.46. The summed E-state index contributed by atoms with van der Waals surface area (Å²) in [5, 5.41) is 0. The number of fused-ring (bicyclic) bond motifs is 1. The third-order valence-corrected chi connectivity index (χ3v) is 5.43. The average molecular weight is 409 g/mol. The molecule has 158 valence electrons. The van der Waals surface area contributed by atoms with Crippen LogP contribution in [-0.4, -0.2) is 49.5 Å². The third kappa shape index (κ3) is 4.83. The number of carbonyl (C=O) groups is 1. The summed E-state index contributed by atoms with van der Waals surface area (Å²) in [6, 6.07) is 17.7. The number of amides is 1. The van der Waals surface area contributed by atoms with E-state index in [1.165, 1.54) is 0 Å². The van der Waals surface area contributed by atoms with Crippen LogP contribution in [0.15, 0.2) is 66.7 Å². The molecule has 0 N–H and O–H groups in total. The normalized spacial score (nSPS) is 22.2. The van der Waals surface area contributed by atoms with E-state index in [4.69, 9.17) is 18.9 Å². The van der Waals surface area contributed by atoms with Crippen molar-refractivity contribution in [3.8, 4) is 5.75 Å². The molecule has 2 aromatic carbocycles. The van der Waals surface area contributed by atoms with Crippen LogP contribution < -0.4 is 4.74 Å². The molecular weight excluding hydrogens is 382 g/mol. The number of hydrogen-bond donors (Lipinski definition) is 0. The largest absolute Gasteiger partial charge is 0.497 e. The number of hydrogen-bond acceptors (Lipinski definition) is 5. The minimum atomic E-state index is -0.279. The van der Waals surface area contributed by atoms with E-state index in [-0.39, 0.29) is 24.3 Å². The van der Waals surface area contributed by atoms with Crippen LogP contribution in [0.5, 0.6) is 5.75 Å². The van der Waals surface area contributed by atoms with Gasteiger partial charge in [0.1, 0.15) is 11.9 Å². The van der Waals surface area contributed by atoms with Crippen LogP contribution in [0.2, 0.25) is 0 Å². The first kappa shape index (κ1) is 20.4. The highest BCUT2D eigenvalue weighted by atomic mass is 16.6. The lowest BCUT2D eigenvalue weighted by atomic mass is 10.1. The fourth-order valence-corrected chi connectivity index (χ4v) is 3.82. The Labute approximate surface area is 177 Å². The Bertz CT molecular complexity index is 852. The van der Waals surface area contributed by atoms with Gasteiger partial charge in [-0.2, -0.15) is 0 Å². The van der Waals surface area contributed by atoms with E-state index in [1.807, 2.05) is 60.7 Å². The predicted octanol–water partition coefficient (Wildman–Crippen LogP) is 3.95. The zero-order valence-electron chi connectivity index (χ0n) is 17.1. The second-order valence-electron chi connectivity index (χ2n) is 7.46. The molecule has 2 heterocycles. The molecular formula is C24H27NO5. The number of cyclic esters (lactones) is 1. The molecule has 0 radical (unpaired) electrons. The Balaban J connectivity index is 1.20. The van der Waals surface area contributed by atoms with Gasteiger partial charge in [-0.3, -0.25) is 4.90 Å². The molecule has 0 saturated carbocycles. The van der Waals surface area contributed by atoms with Gasteiger partial charge >= 0.3 is 6.09 Å². The molecule has 2 aromatic rings. The molecule has 0 bridgehead atoms. The molecule has 30 heavy (non-hydrogen) atoms. The van der Waals surface area contributed by atoms with E-state index in [0.29, 0.717) is 32.8 Å². The monoisotopic (exact) mass is 409 g/mol. The Morgan fingerprint density at radius 1 is 0.933 bits per heavy atom. The smallest absolute Gasteiger partial charge is 0.411 e. The summed E-state index contributed by atoms with van der Waals surface area (Å²) >= 11 is 0. The van der Waals surface area contributed by atoms with Crippen LogP contribution in [-0.2, 0) is 27.4 Å². The van der Waals surface area contributed by atoms with E-state index in [1.54, 1.807) is 12.0 Å². The average Bonchev–Trinajstić information content (AvgIpc) is 3.34. The fourth-order valence-electron chi connectivity index (χ4n) is 3.82. The molecule has 6 heteroatoms. The maximum absolute atomic E-state index is 12.4. The van der Waals surface area contributed by atoms with Crippen LogP contribution in [0.3, 0.4) is 0 Å². The van der Waals surface area contributed by atoms with Crippen molar-refractivity contribution >= 4 is 6.09 Å². The minimum absolute atomic E-state index is 0.0487. The Morgan fingerprint density at radius 2 is 1.67 bits per heavy atom. The number of ether oxygens (including phenoxy) is 4. The van der Waals surface area contributed by atoms with E-state index in [0.717, 1.165) is 16.9 Å². The van der Waals surface area contributed by atoms with Crippen molar-refractivity contribution in [2.24, 2.45) is 0 Å². The lowest BCUT2D eigenvalue weighted by molar-refractivity contribution is 0.0722. The van der Waals surface area contributed by atoms with Crippen molar-refractivity contribution in [1.82, 2.24) is 4.90 Å². The summed E-state index contributed by atoms with van der Waals surface area (Å²) in [5.41, 5.74) is 2.20. The van der Waals surface area contributed by atoms with E-state index in [2.05, 4.69) is 6.08 Å². The molecule has 0 aromatic heterocycles. The van der Waals surface area contributed by atoms with Crippen LogP contribution in [0.4, 0.5) is 4.79 Å². The van der Waals surface area contributed by atoms with Gasteiger partial charge < -0.3 is 18.9 Å². The summed E-state index contributed by atoms with van der Waals surface area (Å²) in [7, 11) is 1.65. The van der Waals surface area contributed by atoms with Gasteiger partial charge in [0.2, 0.25) is 0 Å². The molecule has 0 spiro atoms. The fraction of sp³-hybridized carbons (Fsp3) is 0.375. The van der Waals surface area contributed by atoms with Gasteiger partial charge in [-0.25, -0.2) is 4.79 Å². The third-order valence-electron chi connectivity index (χ3n) is 5.43. The predicted molar refractivity (Wildman–Crippen MR) is 112 cm³/mol. The van der Waals surface area contributed by atoms with Gasteiger partial charge in [0.15, 0.2) is 0 Å². The highest BCUT2D eigenvalue weighted by Crippen LogP contribution is 2.30. The number of rotatable bonds is 10. The molecule has 2 aliphatic rings. The van der Waals surface area contributed by atoms with Crippen LogP contribution >= 0.6 is 0 Å². The number of nitrogens with zero attached hydrogens (tertiary/aromatic N) is 1. The van der Waals surface area contributed by atoms with E-state index < -0.39 is 0 Å². The molecule has 2 aliphatic heterocycles. The van der Waals surface area contributed by atoms with Crippen molar-refractivity contribution in [2.45, 2.75) is 37.8 Å². The zero-order chi connectivity index (χ0) is 20.8. The zero-order valence-corrected chi connectivity index (χ0v) is 17.1. The lowest BCUT2D eigenvalue weighted by Gasteiger charge is -2.22. The molecule has 6 nitrogen and oxygen atoms in total. The highest BCUT2D eigenvalue weighted by molar-refractivity contribution is 5.73. The van der Waals surface area contributed by atoms with Gasteiger partial charge in [-0.15, -0.1) is 0 Å². The van der Waals surface area contributed by atoms with Crippen molar-refractivity contribution < 1.29 is 23.7 Å². The topological polar surface area (TPSA) is 57.2 Å². The van der Waals surface area contributed by atoms with Gasteiger partial charge in [-0.05, 0) is 23.3 Å². The minimum Gasteiger partial charge on any atom is -0.497 e. The van der Waals surface area contributed by atoms with Crippen molar-refractivity contribution in [2.75, 3.05) is 20.3 Å². The quantitative estimate of drug-likeness (QED) is 0.439. The summed E-state index contributed by atoms with van der Waals surface area (Å²) in [4.78, 5) is 14.2. The number of carbonyl (C=O) groups excluding carboxylic acids is 1. The van der Waals surface area contributed by atoms with E-state index in [9.17, 15) is 4.79 Å². The second-order valence-corrected chi connectivity index (χ2v) is 7.46. The van der Waals surface area contributed by atoms with E-state index >= 15 is 0 Å². The summed E-state index contributed by atoms with van der Waals surface area (Å²) in [5.74, 6) is 0.826.